The molecule has 2 fully saturated rings. The van der Waals surface area contributed by atoms with E-state index in [0.29, 0.717) is 0 Å². The second-order valence-corrected chi connectivity index (χ2v) is 8.22. The minimum absolute atomic E-state index is 0.0804. The maximum absolute atomic E-state index is 14.4. The van der Waals surface area contributed by atoms with Gasteiger partial charge in [-0.3, -0.25) is 4.98 Å². The number of hydrogen-bond donors (Lipinski definition) is 1. The Kier molecular flexibility index (Phi) is 4.89. The normalized spacial score (nSPS) is 17.0. The topological polar surface area (TPSA) is 46.6 Å². The first kappa shape index (κ1) is 19.9. The molecule has 0 saturated carbocycles. The first-order valence-corrected chi connectivity index (χ1v) is 10.1. The molecule has 2 saturated heterocycles. The highest BCUT2D eigenvalue weighted by Gasteiger charge is 2.49. The van der Waals surface area contributed by atoms with Crippen molar-refractivity contribution in [2.24, 2.45) is 5.41 Å². The molecule has 1 aromatic heterocycles. The Labute approximate surface area is 177 Å². The van der Waals surface area contributed by atoms with Crippen LogP contribution in [0.1, 0.15) is 17.6 Å². The van der Waals surface area contributed by atoms with Gasteiger partial charge in [-0.2, -0.15) is 0 Å². The number of pyridine rings is 1. The predicted molar refractivity (Wildman–Crippen MR) is 112 cm³/mol. The number of halogens is 3. The van der Waals surface area contributed by atoms with Crippen LogP contribution in [0.25, 0.3) is 10.9 Å². The quantitative estimate of drug-likeness (QED) is 0.612. The van der Waals surface area contributed by atoms with E-state index in [4.69, 9.17) is 9.47 Å². The van der Waals surface area contributed by atoms with E-state index in [1.165, 1.54) is 12.1 Å². The number of benzene rings is 2. The molecule has 5 rings (SSSR count). The van der Waals surface area contributed by atoms with Crippen molar-refractivity contribution in [3.05, 3.63) is 59.5 Å². The smallest absolute Gasteiger partial charge is 0.266 e. The van der Waals surface area contributed by atoms with Crippen LogP contribution in [0.4, 0.5) is 24.5 Å². The van der Waals surface area contributed by atoms with Gasteiger partial charge in [0.15, 0.2) is 0 Å². The highest BCUT2D eigenvalue weighted by Crippen LogP contribution is 2.44. The van der Waals surface area contributed by atoms with E-state index in [-0.39, 0.29) is 17.5 Å². The van der Waals surface area contributed by atoms with Gasteiger partial charge < -0.3 is 19.7 Å². The molecule has 0 unspecified atom stereocenters. The van der Waals surface area contributed by atoms with E-state index in [2.05, 4.69) is 15.2 Å². The van der Waals surface area contributed by atoms with Crippen LogP contribution in [0.15, 0.2) is 42.6 Å². The fourth-order valence-electron chi connectivity index (χ4n) is 4.33. The average Bonchev–Trinajstić information content (AvgIpc) is 2.70. The van der Waals surface area contributed by atoms with Gasteiger partial charge in [-0.05, 0) is 12.1 Å². The van der Waals surface area contributed by atoms with Crippen LogP contribution < -0.4 is 15.0 Å². The zero-order valence-electron chi connectivity index (χ0n) is 17.0. The Morgan fingerprint density at radius 3 is 2.71 bits per heavy atom. The lowest BCUT2D eigenvalue weighted by molar-refractivity contribution is -0.127. The van der Waals surface area contributed by atoms with E-state index in [1.54, 1.807) is 19.4 Å². The molecule has 0 aliphatic carbocycles. The highest BCUT2D eigenvalue weighted by molar-refractivity contribution is 5.95. The minimum atomic E-state index is -2.85. The van der Waals surface area contributed by atoms with Gasteiger partial charge in [-0.1, -0.05) is 18.2 Å². The Morgan fingerprint density at radius 2 is 2.03 bits per heavy atom. The fourth-order valence-corrected chi connectivity index (χ4v) is 4.33. The van der Waals surface area contributed by atoms with Gasteiger partial charge in [0, 0.05) is 48.5 Å². The number of aromatic nitrogens is 1. The van der Waals surface area contributed by atoms with Gasteiger partial charge in [0.05, 0.1) is 42.5 Å². The summed E-state index contributed by atoms with van der Waals surface area (Å²) in [6.07, 6.45) is -1.20. The summed E-state index contributed by atoms with van der Waals surface area (Å²) in [6.45, 7) is 3.47. The lowest BCUT2D eigenvalue weighted by Gasteiger charge is -2.56. The lowest BCUT2D eigenvalue weighted by atomic mass is 9.77. The second-order valence-electron chi connectivity index (χ2n) is 8.22. The molecular formula is C23H22F3N3O2. The van der Waals surface area contributed by atoms with Crippen LogP contribution in [-0.2, 0) is 11.3 Å². The number of ether oxygens (including phenoxy) is 2. The monoisotopic (exact) mass is 429 g/mol. The summed E-state index contributed by atoms with van der Waals surface area (Å²) in [7, 11) is 1.63. The summed E-state index contributed by atoms with van der Waals surface area (Å²) in [5.41, 5.74) is 2.30. The molecule has 3 aromatic rings. The number of fused-ring (bicyclic) bond motifs is 1. The Balaban J connectivity index is 1.44. The molecule has 0 amide bonds. The van der Waals surface area contributed by atoms with Crippen LogP contribution in [-0.4, -0.2) is 38.4 Å². The summed E-state index contributed by atoms with van der Waals surface area (Å²) < 4.78 is 51.4. The lowest BCUT2D eigenvalue weighted by Crippen LogP contribution is -2.66. The number of rotatable bonds is 6. The molecule has 0 radical (unpaired) electrons. The number of methoxy groups -OCH3 is 1. The summed E-state index contributed by atoms with van der Waals surface area (Å²) in [5, 5.41) is 4.04. The Morgan fingerprint density at radius 1 is 1.23 bits per heavy atom. The SMILES string of the molecule is COc1cc2nccc(NCc3cccc(C(F)F)c3F)c2cc1N1CC2(COC2)C1. The molecule has 0 atom stereocenters. The summed E-state index contributed by atoms with van der Waals surface area (Å²) in [6, 6.07) is 9.75. The number of alkyl halides is 2. The fraction of sp³-hybridized carbons (Fsp3) is 0.348. The number of hydrogen-bond acceptors (Lipinski definition) is 5. The average molecular weight is 429 g/mol. The first-order chi connectivity index (χ1) is 15.0. The third-order valence-corrected chi connectivity index (χ3v) is 6.06. The van der Waals surface area contributed by atoms with E-state index in [1.807, 2.05) is 12.1 Å². The maximum atomic E-state index is 14.4. The van der Waals surface area contributed by atoms with Crippen LogP contribution in [0.5, 0.6) is 5.75 Å². The first-order valence-electron chi connectivity index (χ1n) is 10.1. The van der Waals surface area contributed by atoms with Crippen molar-refractivity contribution in [1.29, 1.82) is 0 Å². The van der Waals surface area contributed by atoms with Crippen LogP contribution in [0, 0.1) is 11.2 Å². The van der Waals surface area contributed by atoms with Crippen molar-refractivity contribution in [2.75, 3.05) is 43.6 Å². The molecule has 5 nitrogen and oxygen atoms in total. The minimum Gasteiger partial charge on any atom is -0.495 e. The summed E-state index contributed by atoms with van der Waals surface area (Å²) in [4.78, 5) is 6.68. The van der Waals surface area contributed by atoms with Gasteiger partial charge in [0.25, 0.3) is 6.43 Å². The summed E-state index contributed by atoms with van der Waals surface area (Å²) >= 11 is 0. The molecule has 2 aliphatic rings. The highest BCUT2D eigenvalue weighted by atomic mass is 19.3. The number of nitrogens with one attached hydrogen (secondary N) is 1. The molecule has 0 bridgehead atoms. The zero-order valence-corrected chi connectivity index (χ0v) is 17.0. The molecule has 2 aliphatic heterocycles. The van der Waals surface area contributed by atoms with Crippen molar-refractivity contribution >= 4 is 22.3 Å². The van der Waals surface area contributed by atoms with Crippen molar-refractivity contribution < 1.29 is 22.6 Å². The van der Waals surface area contributed by atoms with E-state index < -0.39 is 17.8 Å². The third kappa shape index (κ3) is 3.44. The second kappa shape index (κ2) is 7.60. The van der Waals surface area contributed by atoms with Gasteiger partial charge in [0.1, 0.15) is 11.6 Å². The zero-order chi connectivity index (χ0) is 21.6. The Hall–Kier alpha value is -3.00. The number of anilines is 2. The maximum Gasteiger partial charge on any atom is 0.266 e. The van der Waals surface area contributed by atoms with Crippen molar-refractivity contribution in [3.63, 3.8) is 0 Å². The molecule has 31 heavy (non-hydrogen) atoms. The molecule has 3 heterocycles. The largest absolute Gasteiger partial charge is 0.495 e. The van der Waals surface area contributed by atoms with Gasteiger partial charge in [-0.15, -0.1) is 0 Å². The van der Waals surface area contributed by atoms with Gasteiger partial charge in [0.2, 0.25) is 0 Å². The molecule has 2 aromatic carbocycles. The molecule has 8 heteroatoms. The predicted octanol–water partition coefficient (Wildman–Crippen LogP) is 4.77. The molecule has 1 N–H and O–H groups in total. The summed E-state index contributed by atoms with van der Waals surface area (Å²) in [5.74, 6) is -0.137. The van der Waals surface area contributed by atoms with Crippen molar-refractivity contribution in [2.45, 2.75) is 13.0 Å². The van der Waals surface area contributed by atoms with Crippen LogP contribution in [0.2, 0.25) is 0 Å². The van der Waals surface area contributed by atoms with Crippen LogP contribution >= 0.6 is 0 Å². The molecular weight excluding hydrogens is 407 g/mol. The Bertz CT molecular complexity index is 1130. The van der Waals surface area contributed by atoms with Crippen molar-refractivity contribution in [1.82, 2.24) is 4.98 Å². The standard InChI is InChI=1S/C23H22F3N3O2/c1-30-20-8-18-16(7-19(20)29-10-23(11-29)12-31-13-23)17(5-6-27-18)28-9-14-3-2-4-15(21(14)24)22(25)26/h2-8,22H,9-13H2,1H3,(H,27,28). The van der Waals surface area contributed by atoms with E-state index >= 15 is 0 Å². The van der Waals surface area contributed by atoms with Crippen LogP contribution in [0.3, 0.4) is 0 Å². The third-order valence-electron chi connectivity index (χ3n) is 6.06. The van der Waals surface area contributed by atoms with Gasteiger partial charge >= 0.3 is 0 Å². The van der Waals surface area contributed by atoms with E-state index in [9.17, 15) is 13.2 Å². The molecule has 1 spiro atoms. The van der Waals surface area contributed by atoms with E-state index in [0.717, 1.165) is 60.4 Å². The molecule has 162 valence electrons. The number of nitrogens with zero attached hydrogens (tertiary/aromatic N) is 2. The van der Waals surface area contributed by atoms with Gasteiger partial charge in [-0.25, -0.2) is 13.2 Å². The van der Waals surface area contributed by atoms with Crippen molar-refractivity contribution in [3.8, 4) is 5.75 Å².